The summed E-state index contributed by atoms with van der Waals surface area (Å²) in [7, 11) is 2.00. The lowest BCUT2D eigenvalue weighted by Gasteiger charge is -2.17. The highest BCUT2D eigenvalue weighted by atomic mass is 79.9. The Morgan fingerprint density at radius 3 is 2.69 bits per heavy atom. The second-order valence-electron chi connectivity index (χ2n) is 4.54. The first-order chi connectivity index (χ1) is 7.65. The van der Waals surface area contributed by atoms with Crippen molar-refractivity contribution in [1.82, 2.24) is 10.3 Å². The van der Waals surface area contributed by atoms with Crippen LogP contribution in [0.5, 0.6) is 0 Å². The van der Waals surface area contributed by atoms with Gasteiger partial charge in [-0.15, -0.1) is 0 Å². The summed E-state index contributed by atoms with van der Waals surface area (Å²) in [6.45, 7) is 4.54. The second-order valence-corrected chi connectivity index (χ2v) is 5.39. The fraction of sp³-hybridized carbons (Fsp3) is 0.615. The molecule has 0 radical (unpaired) electrons. The standard InChI is InChI=1S/C13H21BrN2/c1-10(2)6-4-8-12(15-3)13-11(14)7-5-9-16-13/h5,7,9-10,12,15H,4,6,8H2,1-3H3. The Bertz CT molecular complexity index is 313. The number of hydrogen-bond donors (Lipinski definition) is 1. The van der Waals surface area contributed by atoms with Gasteiger partial charge >= 0.3 is 0 Å². The van der Waals surface area contributed by atoms with Crippen LogP contribution in [0.4, 0.5) is 0 Å². The van der Waals surface area contributed by atoms with Gasteiger partial charge < -0.3 is 5.32 Å². The molecule has 0 saturated carbocycles. The van der Waals surface area contributed by atoms with Crippen LogP contribution in [0.3, 0.4) is 0 Å². The number of halogens is 1. The van der Waals surface area contributed by atoms with Gasteiger partial charge in [0, 0.05) is 10.7 Å². The van der Waals surface area contributed by atoms with Gasteiger partial charge in [0.2, 0.25) is 0 Å². The van der Waals surface area contributed by atoms with Gasteiger partial charge in [-0.2, -0.15) is 0 Å². The number of nitrogens with one attached hydrogen (secondary N) is 1. The van der Waals surface area contributed by atoms with Gasteiger partial charge in [-0.3, -0.25) is 4.98 Å². The highest BCUT2D eigenvalue weighted by Gasteiger charge is 2.13. The minimum absolute atomic E-state index is 0.356. The summed E-state index contributed by atoms with van der Waals surface area (Å²) in [5, 5.41) is 3.34. The van der Waals surface area contributed by atoms with Crippen LogP contribution in [0.25, 0.3) is 0 Å². The first-order valence-corrected chi connectivity index (χ1v) is 6.72. The molecule has 1 unspecified atom stereocenters. The van der Waals surface area contributed by atoms with E-state index in [0.717, 1.165) is 22.5 Å². The Labute approximate surface area is 107 Å². The average Bonchev–Trinajstić information content (AvgIpc) is 2.25. The zero-order chi connectivity index (χ0) is 12.0. The summed E-state index contributed by atoms with van der Waals surface area (Å²) in [5.74, 6) is 0.782. The van der Waals surface area contributed by atoms with E-state index >= 15 is 0 Å². The second kappa shape index (κ2) is 7.02. The van der Waals surface area contributed by atoms with Crippen LogP contribution < -0.4 is 5.32 Å². The predicted molar refractivity (Wildman–Crippen MR) is 72.4 cm³/mol. The van der Waals surface area contributed by atoms with Gasteiger partial charge in [-0.1, -0.05) is 26.7 Å². The third-order valence-electron chi connectivity index (χ3n) is 2.74. The minimum atomic E-state index is 0.356. The first kappa shape index (κ1) is 13.7. The van der Waals surface area contributed by atoms with E-state index in [1.165, 1.54) is 12.8 Å². The Morgan fingerprint density at radius 1 is 1.38 bits per heavy atom. The summed E-state index contributed by atoms with van der Waals surface area (Å²) in [5.41, 5.74) is 1.12. The van der Waals surface area contributed by atoms with Crippen LogP contribution in [0, 0.1) is 5.92 Å². The fourth-order valence-electron chi connectivity index (χ4n) is 1.80. The maximum absolute atomic E-state index is 4.44. The van der Waals surface area contributed by atoms with E-state index < -0.39 is 0 Å². The molecule has 0 amide bonds. The molecule has 2 nitrogen and oxygen atoms in total. The molecule has 0 saturated heterocycles. The molecular weight excluding hydrogens is 264 g/mol. The maximum atomic E-state index is 4.44. The summed E-state index contributed by atoms with van der Waals surface area (Å²) in [6, 6.07) is 4.36. The Morgan fingerprint density at radius 2 is 2.12 bits per heavy atom. The summed E-state index contributed by atoms with van der Waals surface area (Å²) in [6.07, 6.45) is 5.52. The van der Waals surface area contributed by atoms with E-state index in [9.17, 15) is 0 Å². The third-order valence-corrected chi connectivity index (χ3v) is 3.41. The Balaban J connectivity index is 2.57. The van der Waals surface area contributed by atoms with Crippen molar-refractivity contribution in [2.24, 2.45) is 5.92 Å². The molecule has 0 aliphatic carbocycles. The van der Waals surface area contributed by atoms with Crippen molar-refractivity contribution in [1.29, 1.82) is 0 Å². The molecule has 0 aliphatic heterocycles. The van der Waals surface area contributed by atoms with Crippen LogP contribution >= 0.6 is 15.9 Å². The molecule has 0 spiro atoms. The van der Waals surface area contributed by atoms with Crippen molar-refractivity contribution in [3.8, 4) is 0 Å². The highest BCUT2D eigenvalue weighted by Crippen LogP contribution is 2.25. The molecule has 16 heavy (non-hydrogen) atoms. The molecule has 0 fully saturated rings. The molecule has 1 heterocycles. The molecule has 3 heteroatoms. The van der Waals surface area contributed by atoms with Gasteiger partial charge in [0.15, 0.2) is 0 Å². The third kappa shape index (κ3) is 4.22. The molecular formula is C13H21BrN2. The lowest BCUT2D eigenvalue weighted by Crippen LogP contribution is -2.18. The molecule has 0 bridgehead atoms. The van der Waals surface area contributed by atoms with Gasteiger partial charge in [0.05, 0.1) is 11.7 Å². The summed E-state index contributed by atoms with van der Waals surface area (Å²) < 4.78 is 1.10. The van der Waals surface area contributed by atoms with Crippen molar-refractivity contribution >= 4 is 15.9 Å². The van der Waals surface area contributed by atoms with Gasteiger partial charge in [-0.05, 0) is 47.4 Å². The molecule has 1 N–H and O–H groups in total. The topological polar surface area (TPSA) is 24.9 Å². The molecule has 1 aromatic heterocycles. The number of rotatable bonds is 6. The number of hydrogen-bond acceptors (Lipinski definition) is 2. The van der Waals surface area contributed by atoms with Crippen LogP contribution in [0.1, 0.15) is 44.8 Å². The molecule has 0 aromatic carbocycles. The van der Waals surface area contributed by atoms with Gasteiger partial charge in [0.1, 0.15) is 0 Å². The molecule has 1 atom stereocenters. The maximum Gasteiger partial charge on any atom is 0.0714 e. The molecule has 1 aromatic rings. The largest absolute Gasteiger partial charge is 0.312 e. The monoisotopic (exact) mass is 284 g/mol. The van der Waals surface area contributed by atoms with Crippen LogP contribution in [-0.4, -0.2) is 12.0 Å². The van der Waals surface area contributed by atoms with Crippen molar-refractivity contribution in [2.75, 3.05) is 7.05 Å². The van der Waals surface area contributed by atoms with Crippen LogP contribution in [-0.2, 0) is 0 Å². The van der Waals surface area contributed by atoms with E-state index in [4.69, 9.17) is 0 Å². The van der Waals surface area contributed by atoms with Gasteiger partial charge in [0.25, 0.3) is 0 Å². The SMILES string of the molecule is CNC(CCCC(C)C)c1ncccc1Br. The van der Waals surface area contributed by atoms with Crippen LogP contribution in [0.2, 0.25) is 0 Å². The smallest absolute Gasteiger partial charge is 0.0714 e. The molecule has 0 aliphatic rings. The predicted octanol–water partition coefficient (Wildman–Crippen LogP) is 3.93. The molecule has 90 valence electrons. The van der Waals surface area contributed by atoms with E-state index in [0.29, 0.717) is 6.04 Å². The van der Waals surface area contributed by atoms with E-state index in [2.05, 4.69) is 46.1 Å². The zero-order valence-corrected chi connectivity index (χ0v) is 11.9. The Kier molecular flexibility index (Phi) is 5.99. The Hall–Kier alpha value is -0.410. The fourth-order valence-corrected chi connectivity index (χ4v) is 2.33. The van der Waals surface area contributed by atoms with Gasteiger partial charge in [-0.25, -0.2) is 0 Å². The number of pyridine rings is 1. The first-order valence-electron chi connectivity index (χ1n) is 5.92. The lowest BCUT2D eigenvalue weighted by atomic mass is 10.0. The number of aromatic nitrogens is 1. The highest BCUT2D eigenvalue weighted by molar-refractivity contribution is 9.10. The van der Waals surface area contributed by atoms with E-state index in [-0.39, 0.29) is 0 Å². The summed E-state index contributed by atoms with van der Waals surface area (Å²) in [4.78, 5) is 4.44. The van der Waals surface area contributed by atoms with E-state index in [1.54, 1.807) is 0 Å². The number of nitrogens with zero attached hydrogens (tertiary/aromatic N) is 1. The normalized spacial score (nSPS) is 13.1. The zero-order valence-electron chi connectivity index (χ0n) is 10.3. The van der Waals surface area contributed by atoms with Crippen molar-refractivity contribution in [2.45, 2.75) is 39.2 Å². The minimum Gasteiger partial charge on any atom is -0.312 e. The lowest BCUT2D eigenvalue weighted by molar-refractivity contribution is 0.463. The van der Waals surface area contributed by atoms with Crippen molar-refractivity contribution in [3.63, 3.8) is 0 Å². The average molecular weight is 285 g/mol. The quantitative estimate of drug-likeness (QED) is 0.856. The summed E-state index contributed by atoms with van der Waals surface area (Å²) >= 11 is 3.56. The molecule has 1 rings (SSSR count). The van der Waals surface area contributed by atoms with Crippen LogP contribution in [0.15, 0.2) is 22.8 Å². The van der Waals surface area contributed by atoms with E-state index in [1.807, 2.05) is 19.3 Å². The van der Waals surface area contributed by atoms with Crippen molar-refractivity contribution in [3.05, 3.63) is 28.5 Å². The van der Waals surface area contributed by atoms with Crippen molar-refractivity contribution < 1.29 is 0 Å².